The summed E-state index contributed by atoms with van der Waals surface area (Å²) in [7, 11) is 0. The number of hydrogen-bond donors (Lipinski definition) is 1. The van der Waals surface area contributed by atoms with Gasteiger partial charge in [0.25, 0.3) is 0 Å². The van der Waals surface area contributed by atoms with Crippen molar-refractivity contribution in [2.75, 3.05) is 6.54 Å². The molecule has 1 aliphatic heterocycles. The molecule has 0 radical (unpaired) electrons. The normalized spacial score (nSPS) is 19.2. The Kier molecular flexibility index (Phi) is 4.59. The third-order valence-electron chi connectivity index (χ3n) is 3.50. The zero-order chi connectivity index (χ0) is 14.8. The van der Waals surface area contributed by atoms with Gasteiger partial charge in [-0.3, -0.25) is 0 Å². The van der Waals surface area contributed by atoms with Gasteiger partial charge in [0.05, 0.1) is 0 Å². The van der Waals surface area contributed by atoms with E-state index in [-0.39, 0.29) is 11.6 Å². The van der Waals surface area contributed by atoms with Crippen LogP contribution in [0.1, 0.15) is 39.2 Å². The van der Waals surface area contributed by atoms with Gasteiger partial charge in [-0.15, -0.1) is 0 Å². The zero-order valence-electron chi connectivity index (χ0n) is 12.4. The molecule has 3 nitrogen and oxygen atoms in total. The van der Waals surface area contributed by atoms with Crippen LogP contribution in [-0.2, 0) is 6.42 Å². The van der Waals surface area contributed by atoms with E-state index in [4.69, 9.17) is 11.6 Å². The molecule has 1 atom stereocenters. The van der Waals surface area contributed by atoms with Crippen LogP contribution >= 0.6 is 11.6 Å². The van der Waals surface area contributed by atoms with Gasteiger partial charge in [-0.2, -0.15) is 0 Å². The second-order valence-electron chi connectivity index (χ2n) is 6.50. The lowest BCUT2D eigenvalue weighted by Gasteiger charge is -2.29. The number of carbonyl (C=O) groups excluding carboxylic acids is 1. The monoisotopic (exact) mass is 294 g/mol. The number of hydrogen-bond acceptors (Lipinski definition) is 1. The molecular formula is C16H23ClN2O. The Labute approximate surface area is 126 Å². The summed E-state index contributed by atoms with van der Waals surface area (Å²) in [5, 5.41) is 3.80. The fourth-order valence-electron chi connectivity index (χ4n) is 2.60. The summed E-state index contributed by atoms with van der Waals surface area (Å²) in [6, 6.07) is 8.24. The Bertz CT molecular complexity index is 464. The summed E-state index contributed by atoms with van der Waals surface area (Å²) in [6.45, 7) is 6.87. The van der Waals surface area contributed by atoms with E-state index in [0.717, 1.165) is 30.8 Å². The fraction of sp³-hybridized carbons (Fsp3) is 0.562. The predicted octanol–water partition coefficient (Wildman–Crippen LogP) is 3.86. The summed E-state index contributed by atoms with van der Waals surface area (Å²) < 4.78 is 0. The third kappa shape index (κ3) is 4.14. The smallest absolute Gasteiger partial charge is 0.318 e. The van der Waals surface area contributed by atoms with Crippen molar-refractivity contribution in [1.29, 1.82) is 0 Å². The number of rotatable bonds is 2. The highest BCUT2D eigenvalue weighted by molar-refractivity contribution is 6.30. The van der Waals surface area contributed by atoms with Crippen molar-refractivity contribution < 1.29 is 4.79 Å². The first-order valence-electron chi connectivity index (χ1n) is 7.18. The molecule has 1 aliphatic rings. The Morgan fingerprint density at radius 3 is 2.60 bits per heavy atom. The van der Waals surface area contributed by atoms with E-state index < -0.39 is 0 Å². The van der Waals surface area contributed by atoms with E-state index in [1.807, 2.05) is 49.9 Å². The summed E-state index contributed by atoms with van der Waals surface area (Å²) in [6.07, 6.45) is 3.05. The minimum atomic E-state index is -0.190. The highest BCUT2D eigenvalue weighted by atomic mass is 35.5. The van der Waals surface area contributed by atoms with Crippen molar-refractivity contribution in [2.45, 2.75) is 51.6 Å². The van der Waals surface area contributed by atoms with E-state index >= 15 is 0 Å². The minimum Gasteiger partial charge on any atom is -0.333 e. The van der Waals surface area contributed by atoms with Crippen LogP contribution in [0.25, 0.3) is 0 Å². The van der Waals surface area contributed by atoms with Crippen molar-refractivity contribution in [3.05, 3.63) is 34.9 Å². The lowest BCUT2D eigenvalue weighted by Crippen LogP contribution is -2.50. The number of amides is 2. The van der Waals surface area contributed by atoms with Crippen LogP contribution in [0.2, 0.25) is 5.02 Å². The molecule has 110 valence electrons. The van der Waals surface area contributed by atoms with Crippen LogP contribution < -0.4 is 5.32 Å². The number of urea groups is 1. The van der Waals surface area contributed by atoms with Gasteiger partial charge in [0.15, 0.2) is 0 Å². The fourth-order valence-corrected chi connectivity index (χ4v) is 2.73. The molecule has 1 fully saturated rings. The first kappa shape index (κ1) is 15.2. The molecule has 0 bridgehead atoms. The van der Waals surface area contributed by atoms with Gasteiger partial charge in [-0.25, -0.2) is 4.79 Å². The van der Waals surface area contributed by atoms with Gasteiger partial charge in [-0.1, -0.05) is 23.7 Å². The molecule has 1 heterocycles. The molecule has 20 heavy (non-hydrogen) atoms. The van der Waals surface area contributed by atoms with Crippen LogP contribution in [0.5, 0.6) is 0 Å². The maximum absolute atomic E-state index is 12.3. The number of nitrogens with zero attached hydrogens (tertiary/aromatic N) is 1. The molecule has 0 saturated carbocycles. The third-order valence-corrected chi connectivity index (χ3v) is 3.76. The van der Waals surface area contributed by atoms with Crippen molar-refractivity contribution in [2.24, 2.45) is 0 Å². The van der Waals surface area contributed by atoms with Gasteiger partial charge in [0, 0.05) is 23.1 Å². The molecule has 4 heteroatoms. The van der Waals surface area contributed by atoms with E-state index in [2.05, 4.69) is 5.32 Å². The van der Waals surface area contributed by atoms with Crippen LogP contribution in [0, 0.1) is 0 Å². The number of carbonyl (C=O) groups is 1. The lowest BCUT2D eigenvalue weighted by atomic mass is 10.0. The van der Waals surface area contributed by atoms with Gasteiger partial charge < -0.3 is 10.2 Å². The predicted molar refractivity (Wildman–Crippen MR) is 83.2 cm³/mol. The SMILES string of the molecule is CC(C)(C)NC(=O)N1CCCC1Cc1ccc(Cl)cc1. The molecule has 1 N–H and O–H groups in total. The van der Waals surface area contributed by atoms with Crippen molar-refractivity contribution in [3.8, 4) is 0 Å². The largest absolute Gasteiger partial charge is 0.333 e. The zero-order valence-corrected chi connectivity index (χ0v) is 13.2. The van der Waals surface area contributed by atoms with Crippen molar-refractivity contribution in [3.63, 3.8) is 0 Å². The summed E-state index contributed by atoms with van der Waals surface area (Å²) >= 11 is 5.91. The number of benzene rings is 1. The minimum absolute atomic E-state index is 0.0500. The summed E-state index contributed by atoms with van der Waals surface area (Å²) in [4.78, 5) is 14.3. The Balaban J connectivity index is 2.00. The van der Waals surface area contributed by atoms with Gasteiger partial charge in [-0.05, 0) is 57.7 Å². The standard InChI is InChI=1S/C16H23ClN2O/c1-16(2,3)18-15(20)19-10-4-5-14(19)11-12-6-8-13(17)9-7-12/h6-9,14H,4-5,10-11H2,1-3H3,(H,18,20). The average molecular weight is 295 g/mol. The Hall–Kier alpha value is -1.22. The summed E-state index contributed by atoms with van der Waals surface area (Å²) in [5.74, 6) is 0. The molecule has 0 aromatic heterocycles. The number of likely N-dealkylation sites (tertiary alicyclic amines) is 1. The molecule has 1 aromatic carbocycles. The molecule has 1 unspecified atom stereocenters. The molecule has 0 spiro atoms. The van der Waals surface area contributed by atoms with E-state index in [1.54, 1.807) is 0 Å². The van der Waals surface area contributed by atoms with Crippen LogP contribution in [0.15, 0.2) is 24.3 Å². The van der Waals surface area contributed by atoms with Crippen LogP contribution in [-0.4, -0.2) is 29.1 Å². The number of halogens is 1. The molecule has 1 saturated heterocycles. The number of nitrogens with one attached hydrogen (secondary N) is 1. The Morgan fingerprint density at radius 2 is 2.00 bits per heavy atom. The maximum Gasteiger partial charge on any atom is 0.318 e. The topological polar surface area (TPSA) is 32.3 Å². The maximum atomic E-state index is 12.3. The lowest BCUT2D eigenvalue weighted by molar-refractivity contribution is 0.183. The molecule has 2 amide bonds. The second kappa shape index (κ2) is 6.04. The van der Waals surface area contributed by atoms with Gasteiger partial charge in [0.1, 0.15) is 0 Å². The van der Waals surface area contributed by atoms with Gasteiger partial charge in [0.2, 0.25) is 0 Å². The van der Waals surface area contributed by atoms with Crippen LogP contribution in [0.4, 0.5) is 4.79 Å². The van der Waals surface area contributed by atoms with Crippen LogP contribution in [0.3, 0.4) is 0 Å². The Morgan fingerprint density at radius 1 is 1.35 bits per heavy atom. The molecule has 0 aliphatic carbocycles. The molecule has 1 aromatic rings. The highest BCUT2D eigenvalue weighted by Crippen LogP contribution is 2.22. The highest BCUT2D eigenvalue weighted by Gasteiger charge is 2.30. The first-order valence-corrected chi connectivity index (χ1v) is 7.56. The molecule has 2 rings (SSSR count). The van der Waals surface area contributed by atoms with Crippen molar-refractivity contribution >= 4 is 17.6 Å². The van der Waals surface area contributed by atoms with E-state index in [1.165, 1.54) is 5.56 Å². The van der Waals surface area contributed by atoms with E-state index in [0.29, 0.717) is 6.04 Å². The van der Waals surface area contributed by atoms with E-state index in [9.17, 15) is 4.79 Å². The van der Waals surface area contributed by atoms with Crippen molar-refractivity contribution in [1.82, 2.24) is 10.2 Å². The second-order valence-corrected chi connectivity index (χ2v) is 6.94. The summed E-state index contributed by atoms with van der Waals surface area (Å²) in [5.41, 5.74) is 1.04. The molecular weight excluding hydrogens is 272 g/mol. The first-order chi connectivity index (χ1) is 9.35. The van der Waals surface area contributed by atoms with Gasteiger partial charge >= 0.3 is 6.03 Å². The average Bonchev–Trinajstić information content (AvgIpc) is 2.78. The quantitative estimate of drug-likeness (QED) is 0.883.